The maximum Gasteiger partial charge on any atom is 0.263 e. The zero-order valence-electron chi connectivity index (χ0n) is 20.0. The summed E-state index contributed by atoms with van der Waals surface area (Å²) >= 11 is 0. The van der Waals surface area contributed by atoms with E-state index in [2.05, 4.69) is 28.5 Å². The number of benzene rings is 2. The van der Waals surface area contributed by atoms with E-state index in [-0.39, 0.29) is 18.1 Å². The Balaban J connectivity index is 1.47. The first-order chi connectivity index (χ1) is 17.7. The van der Waals surface area contributed by atoms with E-state index >= 15 is 0 Å². The summed E-state index contributed by atoms with van der Waals surface area (Å²) < 4.78 is 3.83. The lowest BCUT2D eigenvalue weighted by molar-refractivity contribution is 0.282. The Bertz CT molecular complexity index is 1670. The molecule has 1 aliphatic carbocycles. The highest BCUT2D eigenvalue weighted by Crippen LogP contribution is 2.41. The molecule has 6 nitrogen and oxygen atoms in total. The first-order valence-electron chi connectivity index (χ1n) is 12.8. The maximum atomic E-state index is 14.1. The van der Waals surface area contributed by atoms with Gasteiger partial charge >= 0.3 is 0 Å². The van der Waals surface area contributed by atoms with Crippen molar-refractivity contribution in [3.05, 3.63) is 100 Å². The predicted octanol–water partition coefficient (Wildman–Crippen LogP) is 4.75. The van der Waals surface area contributed by atoms with Crippen molar-refractivity contribution in [1.29, 1.82) is 0 Å². The molecule has 0 spiro atoms. The fraction of sp³-hybridized carbons (Fsp3) is 0.267. The summed E-state index contributed by atoms with van der Waals surface area (Å²) in [5, 5.41) is 15.8. The highest BCUT2D eigenvalue weighted by atomic mass is 16.3. The van der Waals surface area contributed by atoms with E-state index < -0.39 is 0 Å². The Morgan fingerprint density at radius 2 is 1.94 bits per heavy atom. The third kappa shape index (κ3) is 3.48. The SMILES string of the molecule is O=c1c2ccc(C3CC3)cc2cc(C2CCNC2)n1-c1cccc(-c2ccc3cncn3c2)c1CO. The normalized spacial score (nSPS) is 17.9. The zero-order valence-corrected chi connectivity index (χ0v) is 20.0. The molecule has 2 N–H and O–H groups in total. The molecular weight excluding hydrogens is 448 g/mol. The van der Waals surface area contributed by atoms with E-state index in [1.807, 2.05) is 57.8 Å². The monoisotopic (exact) mass is 476 g/mol. The van der Waals surface area contributed by atoms with E-state index in [0.29, 0.717) is 5.92 Å². The van der Waals surface area contributed by atoms with Gasteiger partial charge in [0.05, 0.1) is 30.3 Å². The molecule has 4 heterocycles. The van der Waals surface area contributed by atoms with Crippen molar-refractivity contribution < 1.29 is 5.11 Å². The molecule has 1 unspecified atom stereocenters. The van der Waals surface area contributed by atoms with Crippen LogP contribution < -0.4 is 10.9 Å². The molecule has 1 aliphatic heterocycles. The molecule has 3 aromatic heterocycles. The predicted molar refractivity (Wildman–Crippen MR) is 142 cm³/mol. The molecule has 6 heteroatoms. The smallest absolute Gasteiger partial charge is 0.263 e. The van der Waals surface area contributed by atoms with Crippen LogP contribution in [0.3, 0.4) is 0 Å². The summed E-state index contributed by atoms with van der Waals surface area (Å²) in [4.78, 5) is 18.3. The Kier molecular flexibility index (Phi) is 5.04. The molecule has 2 fully saturated rings. The Morgan fingerprint density at radius 1 is 1.03 bits per heavy atom. The van der Waals surface area contributed by atoms with Crippen LogP contribution in [0.4, 0.5) is 0 Å². The third-order valence-corrected chi connectivity index (χ3v) is 7.87. The molecule has 5 aromatic rings. The summed E-state index contributed by atoms with van der Waals surface area (Å²) in [5.41, 5.74) is 6.73. The van der Waals surface area contributed by atoms with Gasteiger partial charge < -0.3 is 14.8 Å². The van der Waals surface area contributed by atoms with Gasteiger partial charge in [-0.25, -0.2) is 4.98 Å². The number of imidazole rings is 1. The number of aromatic nitrogens is 3. The quantitative estimate of drug-likeness (QED) is 0.384. The van der Waals surface area contributed by atoms with Crippen LogP contribution in [0.25, 0.3) is 33.1 Å². The van der Waals surface area contributed by atoms with E-state index in [4.69, 9.17) is 0 Å². The molecule has 7 rings (SSSR count). The van der Waals surface area contributed by atoms with Crippen LogP contribution in [0.2, 0.25) is 0 Å². The van der Waals surface area contributed by atoms with Gasteiger partial charge in [-0.15, -0.1) is 0 Å². The fourth-order valence-electron chi connectivity index (χ4n) is 5.78. The Morgan fingerprint density at radius 3 is 2.75 bits per heavy atom. The van der Waals surface area contributed by atoms with E-state index in [0.717, 1.165) is 63.9 Å². The lowest BCUT2D eigenvalue weighted by Crippen LogP contribution is -2.26. The van der Waals surface area contributed by atoms with Gasteiger partial charge in [0.15, 0.2) is 0 Å². The van der Waals surface area contributed by atoms with Crippen LogP contribution in [0.5, 0.6) is 0 Å². The number of aliphatic hydroxyl groups is 1. The lowest BCUT2D eigenvalue weighted by atomic mass is 9.96. The number of nitrogens with zero attached hydrogens (tertiary/aromatic N) is 3. The average molecular weight is 477 g/mol. The summed E-state index contributed by atoms with van der Waals surface area (Å²) in [6.45, 7) is 1.62. The van der Waals surface area contributed by atoms with Crippen molar-refractivity contribution in [3.63, 3.8) is 0 Å². The minimum atomic E-state index is -0.166. The topological polar surface area (TPSA) is 71.6 Å². The van der Waals surface area contributed by atoms with Crippen molar-refractivity contribution in [2.75, 3.05) is 13.1 Å². The van der Waals surface area contributed by atoms with Gasteiger partial charge in [0.2, 0.25) is 0 Å². The van der Waals surface area contributed by atoms with Crippen LogP contribution in [-0.2, 0) is 6.61 Å². The Hall–Kier alpha value is -3.74. The number of fused-ring (bicyclic) bond motifs is 2. The Labute approximate surface area is 208 Å². The van der Waals surface area contributed by atoms with Gasteiger partial charge in [0.1, 0.15) is 0 Å². The van der Waals surface area contributed by atoms with Crippen LogP contribution in [-0.4, -0.2) is 32.1 Å². The molecule has 0 radical (unpaired) electrons. The van der Waals surface area contributed by atoms with Crippen LogP contribution >= 0.6 is 0 Å². The van der Waals surface area contributed by atoms with Crippen LogP contribution in [0.1, 0.15) is 47.9 Å². The number of rotatable bonds is 5. The molecule has 2 aliphatic rings. The summed E-state index contributed by atoms with van der Waals surface area (Å²) in [7, 11) is 0. The molecular formula is C30H28N4O2. The molecule has 0 bridgehead atoms. The van der Waals surface area contributed by atoms with Crippen molar-refractivity contribution in [3.8, 4) is 16.8 Å². The van der Waals surface area contributed by atoms with E-state index in [1.54, 1.807) is 6.33 Å². The minimum Gasteiger partial charge on any atom is -0.392 e. The number of aliphatic hydroxyl groups excluding tert-OH is 1. The molecule has 0 amide bonds. The van der Waals surface area contributed by atoms with Gasteiger partial charge in [-0.1, -0.05) is 30.3 Å². The summed E-state index contributed by atoms with van der Waals surface area (Å²) in [6, 6.07) is 18.6. The molecule has 1 atom stereocenters. The first-order valence-corrected chi connectivity index (χ1v) is 12.8. The highest BCUT2D eigenvalue weighted by Gasteiger charge is 2.26. The molecule has 36 heavy (non-hydrogen) atoms. The van der Waals surface area contributed by atoms with Gasteiger partial charge in [-0.2, -0.15) is 0 Å². The van der Waals surface area contributed by atoms with Gasteiger partial charge in [-0.05, 0) is 78.1 Å². The standard InChI is InChI=1S/C30H28N4O2/c35-17-27-25(22-6-8-24-15-32-18-33(24)16-22)2-1-3-28(27)34-29(21-10-11-31-14-21)13-23-12-20(19-4-5-19)7-9-26(23)30(34)36/h1-3,6-9,12-13,15-16,18-19,21,31,35H,4-5,10-11,14,17H2. The second-order valence-electron chi connectivity index (χ2n) is 10.1. The third-order valence-electron chi connectivity index (χ3n) is 7.87. The minimum absolute atomic E-state index is 0.0198. The second kappa shape index (κ2) is 8.43. The van der Waals surface area contributed by atoms with Crippen LogP contribution in [0, 0.1) is 0 Å². The van der Waals surface area contributed by atoms with Gasteiger partial charge in [0.25, 0.3) is 5.56 Å². The van der Waals surface area contributed by atoms with Gasteiger partial charge in [0, 0.05) is 35.3 Å². The van der Waals surface area contributed by atoms with E-state index in [1.165, 1.54) is 18.4 Å². The number of hydrogen-bond donors (Lipinski definition) is 2. The second-order valence-corrected chi connectivity index (χ2v) is 10.1. The van der Waals surface area contributed by atoms with Crippen molar-refractivity contribution in [1.82, 2.24) is 19.3 Å². The largest absolute Gasteiger partial charge is 0.392 e. The van der Waals surface area contributed by atoms with Crippen LogP contribution in [0.15, 0.2) is 78.1 Å². The number of hydrogen-bond acceptors (Lipinski definition) is 4. The fourth-order valence-corrected chi connectivity index (χ4v) is 5.78. The summed E-state index contributed by atoms with van der Waals surface area (Å²) in [5.74, 6) is 0.878. The molecule has 2 aromatic carbocycles. The summed E-state index contributed by atoms with van der Waals surface area (Å²) in [6.07, 6.45) is 9.07. The zero-order chi connectivity index (χ0) is 24.2. The number of nitrogens with one attached hydrogen (secondary N) is 1. The van der Waals surface area contributed by atoms with Crippen molar-refractivity contribution >= 4 is 16.3 Å². The maximum absolute atomic E-state index is 14.1. The lowest BCUT2D eigenvalue weighted by Gasteiger charge is -2.22. The average Bonchev–Trinajstić information content (AvgIpc) is 3.41. The number of pyridine rings is 2. The van der Waals surface area contributed by atoms with E-state index in [9.17, 15) is 9.90 Å². The molecule has 180 valence electrons. The van der Waals surface area contributed by atoms with Crippen molar-refractivity contribution in [2.45, 2.75) is 37.7 Å². The molecule has 1 saturated carbocycles. The first kappa shape index (κ1) is 21.5. The van der Waals surface area contributed by atoms with Gasteiger partial charge in [-0.3, -0.25) is 9.36 Å². The van der Waals surface area contributed by atoms with Crippen molar-refractivity contribution in [2.24, 2.45) is 0 Å². The highest BCUT2D eigenvalue weighted by molar-refractivity contribution is 5.84. The molecule has 1 saturated heterocycles.